The molecule has 1 aliphatic rings. The Morgan fingerprint density at radius 2 is 2.40 bits per heavy atom. The van der Waals surface area contributed by atoms with Gasteiger partial charge in [0.2, 0.25) is 0 Å². The molecule has 0 aliphatic heterocycles. The fraction of sp³-hybridized carbons (Fsp3) is 0.286. The molecule has 0 N–H and O–H groups in total. The zero-order valence-electron chi connectivity index (χ0n) is 5.53. The quantitative estimate of drug-likeness (QED) is 0.663. The molecule has 1 rings (SSSR count). The second kappa shape index (κ2) is 3.44. The molecular formula is C7H7BrClO. The Balaban J connectivity index is 2.80. The van der Waals surface area contributed by atoms with Crippen molar-refractivity contribution in [2.45, 2.75) is 6.42 Å². The molecule has 0 spiro atoms. The van der Waals surface area contributed by atoms with Crippen LogP contribution in [-0.2, 0) is 4.74 Å². The van der Waals surface area contributed by atoms with Crippen molar-refractivity contribution in [1.82, 2.24) is 0 Å². The van der Waals surface area contributed by atoms with Gasteiger partial charge in [-0.1, -0.05) is 11.6 Å². The third-order valence-electron chi connectivity index (χ3n) is 1.22. The largest absolute Gasteiger partial charge is 0.500 e. The molecule has 1 radical (unpaired) electrons. The van der Waals surface area contributed by atoms with Crippen LogP contribution in [0.1, 0.15) is 6.42 Å². The van der Waals surface area contributed by atoms with Gasteiger partial charge in [0, 0.05) is 11.5 Å². The fourth-order valence-corrected chi connectivity index (χ4v) is 1.65. The number of allylic oxidation sites excluding steroid dienone is 4. The van der Waals surface area contributed by atoms with Gasteiger partial charge in [-0.2, -0.15) is 0 Å². The lowest BCUT2D eigenvalue weighted by atomic mass is 10.1. The summed E-state index contributed by atoms with van der Waals surface area (Å²) >= 11 is 9.06. The van der Waals surface area contributed by atoms with Crippen LogP contribution >= 0.6 is 27.5 Å². The Morgan fingerprint density at radius 1 is 1.70 bits per heavy atom. The molecule has 0 bridgehead atoms. The van der Waals surface area contributed by atoms with Gasteiger partial charge >= 0.3 is 0 Å². The highest BCUT2D eigenvalue weighted by Crippen LogP contribution is 2.28. The third kappa shape index (κ3) is 1.77. The minimum atomic E-state index is 0.764. The van der Waals surface area contributed by atoms with E-state index in [4.69, 9.17) is 16.3 Å². The Labute approximate surface area is 73.8 Å². The summed E-state index contributed by atoms with van der Waals surface area (Å²) in [5, 5.41) is 0.827. The third-order valence-corrected chi connectivity index (χ3v) is 2.10. The smallest absolute Gasteiger partial charge is 0.114 e. The standard InChI is InChI=1S/C7H7BrClO/c1-10-7-3-2-5(9)4-6(7)8/h3-4H,2H2,1H3. The van der Waals surface area contributed by atoms with Gasteiger partial charge in [0.15, 0.2) is 0 Å². The van der Waals surface area contributed by atoms with E-state index < -0.39 is 0 Å². The van der Waals surface area contributed by atoms with Crippen LogP contribution in [0.5, 0.6) is 0 Å². The summed E-state index contributed by atoms with van der Waals surface area (Å²) in [5.74, 6) is 0.851. The van der Waals surface area contributed by atoms with E-state index in [2.05, 4.69) is 15.9 Å². The number of hydrogen-bond acceptors (Lipinski definition) is 1. The van der Waals surface area contributed by atoms with Gasteiger partial charge in [-0.05, 0) is 28.4 Å². The Bertz CT molecular complexity index is 196. The zero-order chi connectivity index (χ0) is 7.56. The molecule has 0 unspecified atom stereocenters. The molecule has 0 atom stereocenters. The highest BCUT2D eigenvalue weighted by molar-refractivity contribution is 9.11. The van der Waals surface area contributed by atoms with Gasteiger partial charge in [-0.25, -0.2) is 0 Å². The SMILES string of the molecule is COC1=C(Br)C=C(Cl)C[CH]1. The first-order valence-corrected chi connectivity index (χ1v) is 4.04. The van der Waals surface area contributed by atoms with Crippen LogP contribution in [0.4, 0.5) is 0 Å². The number of ether oxygens (including phenoxy) is 1. The van der Waals surface area contributed by atoms with Crippen molar-refractivity contribution in [2.24, 2.45) is 0 Å². The monoisotopic (exact) mass is 221 g/mol. The molecule has 0 saturated heterocycles. The molecule has 0 aromatic heterocycles. The van der Waals surface area contributed by atoms with E-state index in [9.17, 15) is 0 Å². The van der Waals surface area contributed by atoms with Crippen molar-refractivity contribution in [2.75, 3.05) is 7.11 Å². The lowest BCUT2D eigenvalue weighted by Crippen LogP contribution is -1.95. The number of rotatable bonds is 1. The normalized spacial score (nSPS) is 18.9. The summed E-state index contributed by atoms with van der Waals surface area (Å²) < 4.78 is 5.93. The van der Waals surface area contributed by atoms with Crippen molar-refractivity contribution in [3.05, 3.63) is 27.8 Å². The van der Waals surface area contributed by atoms with Crippen LogP contribution in [0.2, 0.25) is 0 Å². The lowest BCUT2D eigenvalue weighted by Gasteiger charge is -2.11. The number of methoxy groups -OCH3 is 1. The summed E-state index contributed by atoms with van der Waals surface area (Å²) in [7, 11) is 1.64. The summed E-state index contributed by atoms with van der Waals surface area (Å²) in [6.45, 7) is 0. The maximum absolute atomic E-state index is 5.74. The molecule has 0 saturated carbocycles. The molecule has 1 aliphatic carbocycles. The average Bonchev–Trinajstić information content (AvgIpc) is 1.88. The van der Waals surface area contributed by atoms with Crippen LogP contribution in [0.25, 0.3) is 0 Å². The van der Waals surface area contributed by atoms with Gasteiger partial charge in [0.1, 0.15) is 5.76 Å². The molecular weight excluding hydrogens is 215 g/mol. The fourth-order valence-electron chi connectivity index (χ4n) is 0.736. The lowest BCUT2D eigenvalue weighted by molar-refractivity contribution is 0.296. The minimum Gasteiger partial charge on any atom is -0.500 e. The summed E-state index contributed by atoms with van der Waals surface area (Å²) in [6, 6.07) is 0. The van der Waals surface area contributed by atoms with E-state index in [1.807, 2.05) is 12.5 Å². The first-order chi connectivity index (χ1) is 4.74. The van der Waals surface area contributed by atoms with Crippen LogP contribution in [0, 0.1) is 6.42 Å². The van der Waals surface area contributed by atoms with E-state index in [0.29, 0.717) is 0 Å². The van der Waals surface area contributed by atoms with Gasteiger partial charge in [0.25, 0.3) is 0 Å². The van der Waals surface area contributed by atoms with E-state index in [-0.39, 0.29) is 0 Å². The van der Waals surface area contributed by atoms with E-state index in [1.165, 1.54) is 0 Å². The first-order valence-electron chi connectivity index (χ1n) is 2.87. The molecule has 1 nitrogen and oxygen atoms in total. The second-order valence-electron chi connectivity index (χ2n) is 1.92. The number of halogens is 2. The van der Waals surface area contributed by atoms with Gasteiger partial charge in [0.05, 0.1) is 11.6 Å². The Kier molecular flexibility index (Phi) is 2.81. The molecule has 3 heteroatoms. The Hall–Kier alpha value is 0.0500. The molecule has 10 heavy (non-hydrogen) atoms. The van der Waals surface area contributed by atoms with E-state index in [0.717, 1.165) is 21.7 Å². The number of hydrogen-bond donors (Lipinski definition) is 0. The minimum absolute atomic E-state index is 0.764. The summed E-state index contributed by atoms with van der Waals surface area (Å²) in [5.41, 5.74) is 0. The van der Waals surface area contributed by atoms with E-state index >= 15 is 0 Å². The molecule has 55 valence electrons. The molecule has 0 aromatic carbocycles. The van der Waals surface area contributed by atoms with Crippen molar-refractivity contribution >= 4 is 27.5 Å². The van der Waals surface area contributed by atoms with Crippen molar-refractivity contribution in [1.29, 1.82) is 0 Å². The first kappa shape index (κ1) is 8.15. The summed E-state index contributed by atoms with van der Waals surface area (Å²) in [6.07, 6.45) is 4.55. The molecule has 0 aromatic rings. The van der Waals surface area contributed by atoms with Gasteiger partial charge < -0.3 is 4.74 Å². The highest BCUT2D eigenvalue weighted by atomic mass is 79.9. The molecule has 0 fully saturated rings. The summed E-state index contributed by atoms with van der Waals surface area (Å²) in [4.78, 5) is 0. The van der Waals surface area contributed by atoms with Crippen LogP contribution in [0.3, 0.4) is 0 Å². The van der Waals surface area contributed by atoms with Crippen molar-refractivity contribution < 1.29 is 4.74 Å². The maximum Gasteiger partial charge on any atom is 0.114 e. The second-order valence-corrected chi connectivity index (χ2v) is 3.26. The van der Waals surface area contributed by atoms with Gasteiger partial charge in [-0.3, -0.25) is 0 Å². The van der Waals surface area contributed by atoms with Crippen LogP contribution in [0.15, 0.2) is 21.3 Å². The zero-order valence-corrected chi connectivity index (χ0v) is 7.87. The Morgan fingerprint density at radius 3 is 2.90 bits per heavy atom. The van der Waals surface area contributed by atoms with Crippen molar-refractivity contribution in [3.8, 4) is 0 Å². The topological polar surface area (TPSA) is 9.23 Å². The van der Waals surface area contributed by atoms with Crippen LogP contribution in [-0.4, -0.2) is 7.11 Å². The average molecular weight is 222 g/mol. The molecule has 0 amide bonds. The van der Waals surface area contributed by atoms with Crippen LogP contribution < -0.4 is 0 Å². The van der Waals surface area contributed by atoms with E-state index in [1.54, 1.807) is 7.11 Å². The molecule has 0 heterocycles. The highest BCUT2D eigenvalue weighted by Gasteiger charge is 2.10. The predicted molar refractivity (Wildman–Crippen MR) is 45.8 cm³/mol. The van der Waals surface area contributed by atoms with Gasteiger partial charge in [-0.15, -0.1) is 0 Å². The van der Waals surface area contributed by atoms with Crippen molar-refractivity contribution in [3.63, 3.8) is 0 Å². The predicted octanol–water partition coefficient (Wildman–Crippen LogP) is 2.97. The maximum atomic E-state index is 5.74.